The molecule has 0 saturated carbocycles. The maximum atomic E-state index is 6.32. The molecule has 17 heavy (non-hydrogen) atoms. The summed E-state index contributed by atoms with van der Waals surface area (Å²) < 4.78 is 5.61. The van der Waals surface area contributed by atoms with Crippen molar-refractivity contribution in [1.82, 2.24) is 4.98 Å². The number of nitrogens with zero attached hydrogens (tertiary/aromatic N) is 2. The Labute approximate surface area is 107 Å². The first-order valence-corrected chi connectivity index (χ1v) is 6.30. The number of pyridine rings is 1. The van der Waals surface area contributed by atoms with Crippen molar-refractivity contribution in [1.29, 1.82) is 0 Å². The van der Waals surface area contributed by atoms with Crippen LogP contribution in [-0.2, 0) is 11.3 Å². The van der Waals surface area contributed by atoms with Crippen LogP contribution in [0.1, 0.15) is 18.9 Å². The Morgan fingerprint density at radius 3 is 3.24 bits per heavy atom. The van der Waals surface area contributed by atoms with Crippen molar-refractivity contribution in [2.45, 2.75) is 26.0 Å². The summed E-state index contributed by atoms with van der Waals surface area (Å²) in [6.07, 6.45) is 2.96. The summed E-state index contributed by atoms with van der Waals surface area (Å²) >= 11 is 6.32. The first-order valence-electron chi connectivity index (χ1n) is 5.92. The fourth-order valence-electron chi connectivity index (χ4n) is 2.04. The minimum Gasteiger partial charge on any atom is -0.377 e. The van der Waals surface area contributed by atoms with Gasteiger partial charge in [-0.2, -0.15) is 0 Å². The SMILES string of the molecule is CC1CN(c2nccc(CN)c2Cl)CCCO1. The van der Waals surface area contributed by atoms with Gasteiger partial charge in [0.25, 0.3) is 0 Å². The van der Waals surface area contributed by atoms with E-state index in [1.54, 1.807) is 6.20 Å². The average molecular weight is 256 g/mol. The molecule has 1 saturated heterocycles. The Bertz CT molecular complexity index is 386. The summed E-state index contributed by atoms with van der Waals surface area (Å²) in [7, 11) is 0. The Morgan fingerprint density at radius 1 is 1.65 bits per heavy atom. The molecule has 0 amide bonds. The molecule has 2 rings (SSSR count). The third-order valence-electron chi connectivity index (χ3n) is 2.92. The largest absolute Gasteiger partial charge is 0.377 e. The van der Waals surface area contributed by atoms with Crippen LogP contribution in [0, 0.1) is 0 Å². The van der Waals surface area contributed by atoms with E-state index in [2.05, 4.69) is 16.8 Å². The molecule has 0 radical (unpaired) electrons. The minimum atomic E-state index is 0.205. The number of halogens is 1. The zero-order valence-corrected chi connectivity index (χ0v) is 10.8. The van der Waals surface area contributed by atoms with Gasteiger partial charge in [-0.15, -0.1) is 0 Å². The Balaban J connectivity index is 2.25. The maximum absolute atomic E-state index is 6.32. The Kier molecular flexibility index (Phi) is 4.20. The normalized spacial score (nSPS) is 21.4. The summed E-state index contributed by atoms with van der Waals surface area (Å²) in [5.74, 6) is 0.826. The molecule has 1 aliphatic rings. The van der Waals surface area contributed by atoms with Gasteiger partial charge < -0.3 is 15.4 Å². The standard InChI is InChI=1S/C12H18ClN3O/c1-9-8-16(5-2-6-17-9)12-11(13)10(7-14)3-4-15-12/h3-4,9H,2,5-8,14H2,1H3. The smallest absolute Gasteiger partial charge is 0.147 e. The first kappa shape index (κ1) is 12.6. The molecule has 1 aliphatic heterocycles. The van der Waals surface area contributed by atoms with Crippen LogP contribution < -0.4 is 10.6 Å². The summed E-state index contributed by atoms with van der Waals surface area (Å²) in [6, 6.07) is 1.86. The van der Waals surface area contributed by atoms with Gasteiger partial charge in [-0.1, -0.05) is 11.6 Å². The maximum Gasteiger partial charge on any atom is 0.147 e. The van der Waals surface area contributed by atoms with Crippen LogP contribution in [0.15, 0.2) is 12.3 Å². The summed E-state index contributed by atoms with van der Waals surface area (Å²) in [4.78, 5) is 6.55. The summed E-state index contributed by atoms with van der Waals surface area (Å²) in [5, 5.41) is 0.670. The Morgan fingerprint density at radius 2 is 2.47 bits per heavy atom. The molecular weight excluding hydrogens is 238 g/mol. The zero-order valence-electron chi connectivity index (χ0n) is 10.0. The van der Waals surface area contributed by atoms with Crippen molar-refractivity contribution >= 4 is 17.4 Å². The molecule has 0 spiro atoms. The van der Waals surface area contributed by atoms with Crippen LogP contribution in [0.25, 0.3) is 0 Å². The molecular formula is C12H18ClN3O. The van der Waals surface area contributed by atoms with Gasteiger partial charge in [-0.05, 0) is 25.0 Å². The monoisotopic (exact) mass is 255 g/mol. The minimum absolute atomic E-state index is 0.205. The third kappa shape index (κ3) is 2.89. The molecule has 0 aliphatic carbocycles. The highest BCUT2D eigenvalue weighted by Gasteiger charge is 2.19. The predicted molar refractivity (Wildman–Crippen MR) is 69.4 cm³/mol. The quantitative estimate of drug-likeness (QED) is 0.876. The molecule has 1 aromatic heterocycles. The van der Waals surface area contributed by atoms with E-state index in [4.69, 9.17) is 22.1 Å². The number of rotatable bonds is 2. The number of nitrogens with two attached hydrogens (primary N) is 1. The van der Waals surface area contributed by atoms with Gasteiger partial charge in [0.15, 0.2) is 0 Å². The van der Waals surface area contributed by atoms with Gasteiger partial charge in [0.1, 0.15) is 5.82 Å². The molecule has 2 N–H and O–H groups in total. The molecule has 0 bridgehead atoms. The molecule has 2 heterocycles. The number of aromatic nitrogens is 1. The van der Waals surface area contributed by atoms with Crippen LogP contribution >= 0.6 is 11.6 Å². The van der Waals surface area contributed by atoms with Crippen molar-refractivity contribution in [3.8, 4) is 0 Å². The van der Waals surface area contributed by atoms with Gasteiger partial charge in [0.2, 0.25) is 0 Å². The van der Waals surface area contributed by atoms with Crippen LogP contribution in [0.4, 0.5) is 5.82 Å². The second kappa shape index (κ2) is 5.67. The molecule has 94 valence electrons. The molecule has 0 aromatic carbocycles. The lowest BCUT2D eigenvalue weighted by Gasteiger charge is -2.24. The number of ether oxygens (including phenoxy) is 1. The molecule has 1 atom stereocenters. The van der Waals surface area contributed by atoms with E-state index >= 15 is 0 Å². The number of hydrogen-bond acceptors (Lipinski definition) is 4. The predicted octanol–water partition coefficient (Wildman–Crippen LogP) is 1.81. The van der Waals surface area contributed by atoms with Crippen molar-refractivity contribution < 1.29 is 4.74 Å². The highest BCUT2D eigenvalue weighted by atomic mass is 35.5. The highest BCUT2D eigenvalue weighted by molar-refractivity contribution is 6.33. The molecule has 1 unspecified atom stereocenters. The molecule has 4 nitrogen and oxygen atoms in total. The van der Waals surface area contributed by atoms with Crippen molar-refractivity contribution in [2.24, 2.45) is 5.73 Å². The topological polar surface area (TPSA) is 51.4 Å². The van der Waals surface area contributed by atoms with Gasteiger partial charge in [0.05, 0.1) is 11.1 Å². The Hall–Kier alpha value is -0.840. The van der Waals surface area contributed by atoms with E-state index in [1.807, 2.05) is 6.07 Å². The van der Waals surface area contributed by atoms with Crippen LogP contribution in [-0.4, -0.2) is 30.8 Å². The lowest BCUT2D eigenvalue weighted by Crippen LogP contribution is -2.31. The summed E-state index contributed by atoms with van der Waals surface area (Å²) in [5.41, 5.74) is 6.59. The van der Waals surface area contributed by atoms with E-state index in [-0.39, 0.29) is 6.10 Å². The van der Waals surface area contributed by atoms with E-state index in [1.165, 1.54) is 0 Å². The van der Waals surface area contributed by atoms with Crippen molar-refractivity contribution in [3.05, 3.63) is 22.8 Å². The van der Waals surface area contributed by atoms with E-state index in [9.17, 15) is 0 Å². The second-order valence-corrected chi connectivity index (χ2v) is 4.67. The lowest BCUT2D eigenvalue weighted by molar-refractivity contribution is 0.0820. The first-order chi connectivity index (χ1) is 8.22. The van der Waals surface area contributed by atoms with Crippen LogP contribution in [0.2, 0.25) is 5.02 Å². The third-order valence-corrected chi connectivity index (χ3v) is 3.33. The lowest BCUT2D eigenvalue weighted by atomic mass is 10.2. The molecule has 1 fully saturated rings. The second-order valence-electron chi connectivity index (χ2n) is 4.29. The van der Waals surface area contributed by atoms with Crippen LogP contribution in [0.3, 0.4) is 0 Å². The molecule has 1 aromatic rings. The summed E-state index contributed by atoms with van der Waals surface area (Å²) in [6.45, 7) is 5.05. The fourth-order valence-corrected chi connectivity index (χ4v) is 2.34. The van der Waals surface area contributed by atoms with Gasteiger partial charge in [-0.3, -0.25) is 0 Å². The van der Waals surface area contributed by atoms with Gasteiger partial charge >= 0.3 is 0 Å². The van der Waals surface area contributed by atoms with Gasteiger partial charge in [-0.25, -0.2) is 4.98 Å². The number of anilines is 1. The van der Waals surface area contributed by atoms with E-state index in [0.717, 1.165) is 37.5 Å². The van der Waals surface area contributed by atoms with E-state index in [0.29, 0.717) is 11.6 Å². The van der Waals surface area contributed by atoms with Crippen molar-refractivity contribution in [2.75, 3.05) is 24.6 Å². The van der Waals surface area contributed by atoms with Crippen LogP contribution in [0.5, 0.6) is 0 Å². The highest BCUT2D eigenvalue weighted by Crippen LogP contribution is 2.27. The number of hydrogen-bond donors (Lipinski definition) is 1. The zero-order chi connectivity index (χ0) is 12.3. The average Bonchev–Trinajstić information content (AvgIpc) is 2.54. The van der Waals surface area contributed by atoms with E-state index < -0.39 is 0 Å². The van der Waals surface area contributed by atoms with Gasteiger partial charge in [0, 0.05) is 32.4 Å². The van der Waals surface area contributed by atoms with Crippen molar-refractivity contribution in [3.63, 3.8) is 0 Å². The molecule has 5 heteroatoms. The fraction of sp³-hybridized carbons (Fsp3) is 0.583.